The molecule has 5 rings (SSSR count). The Hall–Kier alpha value is -2.63. The highest BCUT2D eigenvalue weighted by molar-refractivity contribution is 6.32. The van der Waals surface area contributed by atoms with Gasteiger partial charge < -0.3 is 4.90 Å². The van der Waals surface area contributed by atoms with Gasteiger partial charge in [-0.2, -0.15) is 5.10 Å². The molecule has 0 radical (unpaired) electrons. The number of benzene rings is 2. The van der Waals surface area contributed by atoms with E-state index in [1.165, 1.54) is 29.7 Å². The Labute approximate surface area is 213 Å². The summed E-state index contributed by atoms with van der Waals surface area (Å²) in [6.07, 6.45) is 3.33. The second-order valence-electron chi connectivity index (χ2n) is 11.1. The lowest BCUT2D eigenvalue weighted by Crippen LogP contribution is -2.40. The molecule has 1 amide bonds. The number of para-hydroxylation sites is 1. The van der Waals surface area contributed by atoms with Crippen molar-refractivity contribution >= 4 is 17.5 Å². The highest BCUT2D eigenvalue weighted by Gasteiger charge is 2.34. The Balaban J connectivity index is 1.50. The molecule has 35 heavy (non-hydrogen) atoms. The molecular weight excluding hydrogens is 456 g/mol. The summed E-state index contributed by atoms with van der Waals surface area (Å²) in [4.78, 5) is 17.9. The Morgan fingerprint density at radius 2 is 1.80 bits per heavy atom. The number of halogens is 1. The average Bonchev–Trinajstić information content (AvgIpc) is 3.59. The van der Waals surface area contributed by atoms with Crippen LogP contribution in [0.1, 0.15) is 56.1 Å². The number of aromatic nitrogens is 2. The van der Waals surface area contributed by atoms with Crippen LogP contribution in [0.15, 0.2) is 54.6 Å². The fraction of sp³-hybridized carbons (Fsp3) is 0.448. The van der Waals surface area contributed by atoms with Gasteiger partial charge >= 0.3 is 0 Å². The van der Waals surface area contributed by atoms with Gasteiger partial charge in [0.1, 0.15) is 0 Å². The summed E-state index contributed by atoms with van der Waals surface area (Å²) < 4.78 is 2.03. The van der Waals surface area contributed by atoms with Crippen LogP contribution in [-0.4, -0.2) is 38.6 Å². The third-order valence-corrected chi connectivity index (χ3v) is 7.31. The molecule has 2 aromatic carbocycles. The first-order valence-corrected chi connectivity index (χ1v) is 13.1. The lowest BCUT2D eigenvalue weighted by atomic mass is 9.94. The first-order valence-electron chi connectivity index (χ1n) is 12.7. The smallest absolute Gasteiger partial charge is 0.228 e. The number of fused-ring (bicyclic) bond motifs is 1. The molecule has 0 spiro atoms. The molecule has 0 saturated heterocycles. The number of hydrogen-bond acceptors (Lipinski definition) is 3. The van der Waals surface area contributed by atoms with Crippen LogP contribution in [0.4, 0.5) is 0 Å². The van der Waals surface area contributed by atoms with Crippen LogP contribution in [0.2, 0.25) is 5.02 Å². The van der Waals surface area contributed by atoms with Gasteiger partial charge in [-0.05, 0) is 36.5 Å². The molecule has 0 bridgehead atoms. The topological polar surface area (TPSA) is 41.4 Å². The normalized spacial score (nSPS) is 16.2. The van der Waals surface area contributed by atoms with E-state index < -0.39 is 5.41 Å². The molecule has 2 heterocycles. The molecule has 0 atom stereocenters. The number of hydrogen-bond donors (Lipinski definition) is 0. The van der Waals surface area contributed by atoms with Gasteiger partial charge in [0.25, 0.3) is 0 Å². The summed E-state index contributed by atoms with van der Waals surface area (Å²) in [7, 11) is 0. The van der Waals surface area contributed by atoms with Crippen LogP contribution < -0.4 is 0 Å². The van der Waals surface area contributed by atoms with Gasteiger partial charge in [0.2, 0.25) is 5.91 Å². The monoisotopic (exact) mass is 490 g/mol. The Morgan fingerprint density at radius 1 is 1.09 bits per heavy atom. The van der Waals surface area contributed by atoms with Crippen molar-refractivity contribution in [2.75, 3.05) is 13.1 Å². The molecule has 1 fully saturated rings. The van der Waals surface area contributed by atoms with Crippen molar-refractivity contribution in [3.63, 3.8) is 0 Å². The van der Waals surface area contributed by atoms with E-state index in [1.54, 1.807) is 0 Å². The molecule has 1 saturated carbocycles. The van der Waals surface area contributed by atoms with Gasteiger partial charge in [-0.15, -0.1) is 0 Å². The zero-order chi connectivity index (χ0) is 24.6. The van der Waals surface area contributed by atoms with Gasteiger partial charge in [-0.25, -0.2) is 4.68 Å². The van der Waals surface area contributed by atoms with E-state index in [1.807, 2.05) is 54.6 Å². The number of carbonyl (C=O) groups excluding carboxylic acids is 1. The van der Waals surface area contributed by atoms with E-state index in [9.17, 15) is 4.79 Å². The lowest BCUT2D eigenvalue weighted by Gasteiger charge is -2.31. The molecular formula is C29H35ClN4O. The number of amides is 1. The Kier molecular flexibility index (Phi) is 6.73. The number of carbonyl (C=O) groups is 1. The minimum atomic E-state index is -0.417. The van der Waals surface area contributed by atoms with Crippen molar-refractivity contribution in [1.29, 1.82) is 0 Å². The van der Waals surface area contributed by atoms with E-state index in [2.05, 4.69) is 35.2 Å². The highest BCUT2D eigenvalue weighted by Crippen LogP contribution is 2.34. The highest BCUT2D eigenvalue weighted by atomic mass is 35.5. The summed E-state index contributed by atoms with van der Waals surface area (Å²) in [5, 5.41) is 5.80. The molecule has 184 valence electrons. The molecule has 1 aliphatic carbocycles. The standard InChI is InChI=1S/C29H35ClN4O/c1-29(2,3)28(35)33(18-22-13-14-22)20-25-23-19-32(17-21-9-5-4-6-10-21)16-15-26(23)34(31-25)27-12-8-7-11-24(27)30/h4-12,22H,13-20H2,1-3H3. The van der Waals surface area contributed by atoms with Crippen molar-refractivity contribution in [1.82, 2.24) is 19.6 Å². The molecule has 1 aromatic heterocycles. The fourth-order valence-corrected chi connectivity index (χ4v) is 5.17. The van der Waals surface area contributed by atoms with Crippen molar-refractivity contribution in [2.24, 2.45) is 11.3 Å². The summed E-state index contributed by atoms with van der Waals surface area (Å²) >= 11 is 6.60. The van der Waals surface area contributed by atoms with Crippen LogP contribution in [0.3, 0.4) is 0 Å². The molecule has 1 aliphatic heterocycles. The number of rotatable bonds is 7. The predicted molar refractivity (Wildman–Crippen MR) is 140 cm³/mol. The Morgan fingerprint density at radius 3 is 2.49 bits per heavy atom. The summed E-state index contributed by atoms with van der Waals surface area (Å²) in [5.74, 6) is 0.819. The minimum absolute atomic E-state index is 0.197. The predicted octanol–water partition coefficient (Wildman–Crippen LogP) is 5.87. The molecule has 3 aromatic rings. The average molecular weight is 491 g/mol. The van der Waals surface area contributed by atoms with Gasteiger partial charge in [-0.1, -0.05) is 74.8 Å². The van der Waals surface area contributed by atoms with Crippen LogP contribution in [-0.2, 0) is 30.8 Å². The third-order valence-electron chi connectivity index (χ3n) is 6.99. The zero-order valence-electron chi connectivity index (χ0n) is 21.0. The van der Waals surface area contributed by atoms with Crippen molar-refractivity contribution < 1.29 is 4.79 Å². The van der Waals surface area contributed by atoms with Gasteiger partial charge in [0.15, 0.2) is 0 Å². The van der Waals surface area contributed by atoms with Crippen molar-refractivity contribution in [3.05, 3.63) is 82.1 Å². The van der Waals surface area contributed by atoms with E-state index in [0.717, 1.165) is 44.0 Å². The molecule has 6 heteroatoms. The third kappa shape index (κ3) is 5.46. The fourth-order valence-electron chi connectivity index (χ4n) is 4.95. The van der Waals surface area contributed by atoms with Crippen LogP contribution in [0.25, 0.3) is 5.69 Å². The quantitative estimate of drug-likeness (QED) is 0.416. The number of nitrogens with zero attached hydrogens (tertiary/aromatic N) is 4. The molecule has 0 unspecified atom stereocenters. The maximum atomic E-state index is 13.4. The SMILES string of the molecule is CC(C)(C)C(=O)N(Cc1nn(-c2ccccc2Cl)c2c1CN(Cc1ccccc1)CC2)CC1CC1. The van der Waals surface area contributed by atoms with Crippen LogP contribution in [0, 0.1) is 11.3 Å². The maximum absolute atomic E-state index is 13.4. The van der Waals surface area contributed by atoms with E-state index in [0.29, 0.717) is 17.5 Å². The minimum Gasteiger partial charge on any atom is -0.336 e. The van der Waals surface area contributed by atoms with E-state index in [4.69, 9.17) is 16.7 Å². The van der Waals surface area contributed by atoms with Crippen molar-refractivity contribution in [3.8, 4) is 5.69 Å². The molecule has 5 nitrogen and oxygen atoms in total. The first-order chi connectivity index (χ1) is 16.8. The summed E-state index contributed by atoms with van der Waals surface area (Å²) in [5.41, 5.74) is 5.26. The van der Waals surface area contributed by atoms with Crippen LogP contribution >= 0.6 is 11.6 Å². The molecule has 0 N–H and O–H groups in total. The maximum Gasteiger partial charge on any atom is 0.228 e. The lowest BCUT2D eigenvalue weighted by molar-refractivity contribution is -0.140. The summed E-state index contributed by atoms with van der Waals surface area (Å²) in [6, 6.07) is 18.5. The van der Waals surface area contributed by atoms with Crippen molar-refractivity contribution in [2.45, 2.75) is 59.7 Å². The van der Waals surface area contributed by atoms with Gasteiger partial charge in [-0.3, -0.25) is 9.69 Å². The van der Waals surface area contributed by atoms with Gasteiger partial charge in [0, 0.05) is 43.6 Å². The van der Waals surface area contributed by atoms with E-state index in [-0.39, 0.29) is 5.91 Å². The van der Waals surface area contributed by atoms with E-state index >= 15 is 0 Å². The first kappa shape index (κ1) is 24.1. The zero-order valence-corrected chi connectivity index (χ0v) is 21.8. The largest absolute Gasteiger partial charge is 0.336 e. The van der Waals surface area contributed by atoms with Crippen LogP contribution in [0.5, 0.6) is 0 Å². The van der Waals surface area contributed by atoms with Gasteiger partial charge in [0.05, 0.1) is 28.6 Å². The Bertz CT molecular complexity index is 1190. The summed E-state index contributed by atoms with van der Waals surface area (Å²) in [6.45, 7) is 10.1. The molecule has 2 aliphatic rings. The second-order valence-corrected chi connectivity index (χ2v) is 11.5. The second kappa shape index (κ2) is 9.79.